The van der Waals surface area contributed by atoms with Gasteiger partial charge in [0.05, 0.1) is 45.9 Å². The molecule has 0 unspecified atom stereocenters. The summed E-state index contributed by atoms with van der Waals surface area (Å²) in [6, 6.07) is 6.07. The zero-order chi connectivity index (χ0) is 31.0. The van der Waals surface area contributed by atoms with Crippen LogP contribution in [0.1, 0.15) is 57.7 Å². The van der Waals surface area contributed by atoms with Crippen LogP contribution in [0.15, 0.2) is 29.1 Å². The number of carbonyl (C=O) groups is 2. The van der Waals surface area contributed by atoms with Crippen LogP contribution in [0.4, 0.5) is 0 Å². The maximum absolute atomic E-state index is 13.2. The van der Waals surface area contributed by atoms with Crippen molar-refractivity contribution in [3.8, 4) is 34.1 Å². The van der Waals surface area contributed by atoms with Crippen LogP contribution in [0.5, 0.6) is 23.0 Å². The highest BCUT2D eigenvalue weighted by atomic mass is 16.5. The molecule has 11 nitrogen and oxygen atoms in total. The van der Waals surface area contributed by atoms with E-state index in [2.05, 4.69) is 5.32 Å². The summed E-state index contributed by atoms with van der Waals surface area (Å²) in [4.78, 5) is 39.2. The first-order valence-electron chi connectivity index (χ1n) is 13.8. The van der Waals surface area contributed by atoms with E-state index < -0.39 is 41.5 Å². The van der Waals surface area contributed by atoms with Gasteiger partial charge < -0.3 is 34.2 Å². The molecule has 1 saturated heterocycles. The number of hydrogen-bond acceptors (Lipinski definition) is 10. The molecule has 0 bridgehead atoms. The SMILES string of the molecule is COc1cc2c(c(OC)c1OC)-c1ccc(OC)c(=O)cc1[C@@H](NC(=O)COC(=O)[C@@H]1CC(C)(C)N(O)C1(C)C)CC2. The molecule has 2 aliphatic rings. The van der Waals surface area contributed by atoms with Crippen LogP contribution in [0.25, 0.3) is 11.1 Å². The highest BCUT2D eigenvalue weighted by Gasteiger charge is 2.55. The third kappa shape index (κ3) is 5.50. The van der Waals surface area contributed by atoms with Crippen molar-refractivity contribution in [2.24, 2.45) is 5.92 Å². The fourth-order valence-electron chi connectivity index (χ4n) is 6.23. The number of esters is 1. The third-order valence-electron chi connectivity index (χ3n) is 8.36. The number of nitrogens with zero attached hydrogens (tertiary/aromatic N) is 1. The van der Waals surface area contributed by atoms with Crippen LogP contribution in [-0.4, -0.2) is 68.3 Å². The first-order valence-corrected chi connectivity index (χ1v) is 13.8. The minimum absolute atomic E-state index is 0.142. The summed E-state index contributed by atoms with van der Waals surface area (Å²) in [5.41, 5.74) is 0.974. The minimum atomic E-state index is -0.859. The Morgan fingerprint density at radius 3 is 2.21 bits per heavy atom. The average Bonchev–Trinajstić information content (AvgIpc) is 3.10. The Balaban J connectivity index is 1.67. The van der Waals surface area contributed by atoms with Crippen molar-refractivity contribution in [2.75, 3.05) is 35.0 Å². The van der Waals surface area contributed by atoms with Crippen LogP contribution in [0.2, 0.25) is 0 Å². The van der Waals surface area contributed by atoms with Gasteiger partial charge in [0.1, 0.15) is 0 Å². The third-order valence-corrected chi connectivity index (χ3v) is 8.36. The fraction of sp³-hybridized carbons (Fsp3) is 0.516. The van der Waals surface area contributed by atoms with Crippen LogP contribution in [0, 0.1) is 5.92 Å². The monoisotopic (exact) mass is 584 g/mol. The van der Waals surface area contributed by atoms with Crippen molar-refractivity contribution in [3.63, 3.8) is 0 Å². The molecule has 2 atom stereocenters. The van der Waals surface area contributed by atoms with Crippen molar-refractivity contribution >= 4 is 11.9 Å². The van der Waals surface area contributed by atoms with Gasteiger partial charge in [-0.3, -0.25) is 14.4 Å². The molecule has 0 spiro atoms. The highest BCUT2D eigenvalue weighted by molar-refractivity contribution is 5.85. The van der Waals surface area contributed by atoms with Gasteiger partial charge in [0.2, 0.25) is 11.2 Å². The second kappa shape index (κ2) is 11.8. The maximum atomic E-state index is 13.2. The lowest BCUT2D eigenvalue weighted by atomic mass is 9.87. The predicted octanol–water partition coefficient (Wildman–Crippen LogP) is 3.66. The van der Waals surface area contributed by atoms with Crippen molar-refractivity contribution < 1.29 is 38.5 Å². The Bertz CT molecular complexity index is 1440. The van der Waals surface area contributed by atoms with Crippen molar-refractivity contribution in [3.05, 3.63) is 45.6 Å². The molecular weight excluding hydrogens is 544 g/mol. The Labute approximate surface area is 245 Å². The van der Waals surface area contributed by atoms with E-state index >= 15 is 0 Å². The molecule has 2 aromatic rings. The lowest BCUT2D eigenvalue weighted by Crippen LogP contribution is -2.48. The van der Waals surface area contributed by atoms with Gasteiger partial charge in [-0.05, 0) is 81.8 Å². The number of benzene rings is 1. The molecule has 42 heavy (non-hydrogen) atoms. The molecule has 1 aliphatic carbocycles. The lowest BCUT2D eigenvalue weighted by molar-refractivity contribution is -0.200. The number of nitrogens with one attached hydrogen (secondary N) is 1. The molecule has 0 radical (unpaired) electrons. The van der Waals surface area contributed by atoms with Gasteiger partial charge in [0.25, 0.3) is 5.91 Å². The normalized spacial score (nSPS) is 20.4. The van der Waals surface area contributed by atoms with E-state index in [1.54, 1.807) is 33.1 Å². The number of hydroxylamine groups is 2. The number of methoxy groups -OCH3 is 4. The Hall–Kier alpha value is -3.83. The van der Waals surface area contributed by atoms with E-state index in [0.717, 1.165) is 5.56 Å². The quantitative estimate of drug-likeness (QED) is 0.443. The standard InChI is InChI=1S/C31H40N2O9/c1-30(2)15-20(31(3,4)33(30)37)29(36)42-16-25(35)32-21-11-9-17-13-24(39-6)27(40-7)28(41-8)26(17)18-10-12-23(38-5)22(34)14-19(18)21/h10,12-14,20-21,37H,9,11,15-16H2,1-8H3,(H,32,35)/t20-,21-/m0/s1. The second-order valence-corrected chi connectivity index (χ2v) is 11.8. The molecule has 2 N–H and O–H groups in total. The van der Waals surface area contributed by atoms with Gasteiger partial charge in [-0.2, -0.15) is 5.06 Å². The maximum Gasteiger partial charge on any atom is 0.311 e. The summed E-state index contributed by atoms with van der Waals surface area (Å²) in [5.74, 6) is -0.227. The largest absolute Gasteiger partial charge is 0.493 e. The molecular formula is C31H40N2O9. The molecule has 1 amide bonds. The van der Waals surface area contributed by atoms with Gasteiger partial charge in [-0.1, -0.05) is 6.07 Å². The van der Waals surface area contributed by atoms with Gasteiger partial charge >= 0.3 is 5.97 Å². The van der Waals surface area contributed by atoms with E-state index in [-0.39, 0.29) is 11.2 Å². The number of fused-ring (bicyclic) bond motifs is 3. The summed E-state index contributed by atoms with van der Waals surface area (Å²) in [6.07, 6.45) is 1.33. The van der Waals surface area contributed by atoms with Gasteiger partial charge in [0, 0.05) is 11.1 Å². The van der Waals surface area contributed by atoms with Crippen molar-refractivity contribution in [2.45, 2.75) is 64.1 Å². The smallest absolute Gasteiger partial charge is 0.311 e. The zero-order valence-corrected chi connectivity index (χ0v) is 25.5. The van der Waals surface area contributed by atoms with Crippen LogP contribution in [0.3, 0.4) is 0 Å². The molecule has 1 fully saturated rings. The average molecular weight is 585 g/mol. The summed E-state index contributed by atoms with van der Waals surface area (Å²) in [7, 11) is 6.00. The summed E-state index contributed by atoms with van der Waals surface area (Å²) < 4.78 is 27.7. The molecule has 0 saturated carbocycles. The molecule has 11 heteroatoms. The van der Waals surface area contributed by atoms with E-state index in [0.29, 0.717) is 53.2 Å². The zero-order valence-electron chi connectivity index (χ0n) is 25.5. The van der Waals surface area contributed by atoms with Crippen molar-refractivity contribution in [1.82, 2.24) is 10.4 Å². The van der Waals surface area contributed by atoms with Gasteiger partial charge in [-0.25, -0.2) is 0 Å². The fourth-order valence-corrected chi connectivity index (χ4v) is 6.23. The van der Waals surface area contributed by atoms with E-state index in [1.807, 2.05) is 19.9 Å². The molecule has 1 heterocycles. The molecule has 4 rings (SSSR count). The number of rotatable bonds is 8. The summed E-state index contributed by atoms with van der Waals surface area (Å²) in [5, 5.41) is 14.7. The minimum Gasteiger partial charge on any atom is -0.493 e. The number of ether oxygens (including phenoxy) is 5. The van der Waals surface area contributed by atoms with Crippen LogP contribution in [-0.2, 0) is 20.7 Å². The first kappa shape index (κ1) is 31.1. The first-order chi connectivity index (χ1) is 19.8. The molecule has 1 aliphatic heterocycles. The number of hydrogen-bond donors (Lipinski definition) is 2. The predicted molar refractivity (Wildman–Crippen MR) is 154 cm³/mol. The molecule has 2 aromatic carbocycles. The Morgan fingerprint density at radius 2 is 1.64 bits per heavy atom. The van der Waals surface area contributed by atoms with E-state index in [9.17, 15) is 19.6 Å². The van der Waals surface area contributed by atoms with Gasteiger partial charge in [0.15, 0.2) is 23.9 Å². The van der Waals surface area contributed by atoms with E-state index in [1.165, 1.54) is 32.5 Å². The second-order valence-electron chi connectivity index (χ2n) is 11.8. The van der Waals surface area contributed by atoms with Crippen LogP contribution < -0.4 is 29.7 Å². The number of amides is 1. The van der Waals surface area contributed by atoms with E-state index in [4.69, 9.17) is 23.7 Å². The molecule has 0 aromatic heterocycles. The molecule has 228 valence electrons. The Kier molecular flexibility index (Phi) is 8.75. The van der Waals surface area contributed by atoms with Crippen LogP contribution >= 0.6 is 0 Å². The summed E-state index contributed by atoms with van der Waals surface area (Å²) in [6.45, 7) is 6.71. The lowest BCUT2D eigenvalue weighted by Gasteiger charge is -2.35. The van der Waals surface area contributed by atoms with Gasteiger partial charge in [-0.15, -0.1) is 0 Å². The number of carbonyl (C=O) groups excluding carboxylic acids is 2. The number of aryl methyl sites for hydroxylation is 1. The Morgan fingerprint density at radius 1 is 0.976 bits per heavy atom. The van der Waals surface area contributed by atoms with Crippen molar-refractivity contribution in [1.29, 1.82) is 0 Å². The summed E-state index contributed by atoms with van der Waals surface area (Å²) >= 11 is 0. The topological polar surface area (TPSA) is 133 Å². The highest BCUT2D eigenvalue weighted by Crippen LogP contribution is 2.50.